The van der Waals surface area contributed by atoms with E-state index in [9.17, 15) is 9.59 Å². The zero-order valence-electron chi connectivity index (χ0n) is 10.6. The molecule has 0 saturated heterocycles. The minimum absolute atomic E-state index is 0.180. The van der Waals surface area contributed by atoms with E-state index in [0.29, 0.717) is 18.5 Å². The third-order valence-electron chi connectivity index (χ3n) is 3.10. The first kappa shape index (κ1) is 13.1. The number of carboxylic acid groups (broad SMARTS) is 1. The summed E-state index contributed by atoms with van der Waals surface area (Å²) in [4.78, 5) is 25.6. The minimum atomic E-state index is -0.844. The van der Waals surface area contributed by atoms with Crippen LogP contribution in [0, 0.1) is 5.92 Å². The maximum atomic E-state index is 11.9. The highest BCUT2D eigenvalue weighted by molar-refractivity contribution is 5.98. The Labute approximate surface area is 110 Å². The number of hydrogen-bond donors (Lipinski definition) is 3. The van der Waals surface area contributed by atoms with Crippen LogP contribution in [-0.2, 0) is 4.79 Å². The molecular weight excluding hydrogens is 244 g/mol. The fourth-order valence-corrected chi connectivity index (χ4v) is 1.82. The molecule has 1 atom stereocenters. The summed E-state index contributed by atoms with van der Waals surface area (Å²) in [5.74, 6) is -1.48. The van der Waals surface area contributed by atoms with E-state index >= 15 is 0 Å². The van der Waals surface area contributed by atoms with Crippen LogP contribution in [-0.4, -0.2) is 28.5 Å². The highest BCUT2D eigenvalue weighted by atomic mass is 16.4. The van der Waals surface area contributed by atoms with Crippen LogP contribution < -0.4 is 5.32 Å². The number of aromatic nitrogens is 1. The second kappa shape index (κ2) is 5.56. The molecular formula is C14H16N2O3. The van der Waals surface area contributed by atoms with Crippen LogP contribution in [0.25, 0.3) is 10.9 Å². The van der Waals surface area contributed by atoms with Gasteiger partial charge in [0.1, 0.15) is 0 Å². The Morgan fingerprint density at radius 3 is 2.89 bits per heavy atom. The quantitative estimate of drug-likeness (QED) is 0.769. The average Bonchev–Trinajstić information content (AvgIpc) is 2.85. The van der Waals surface area contributed by atoms with Gasteiger partial charge in [-0.3, -0.25) is 9.59 Å². The molecule has 0 spiro atoms. The van der Waals surface area contributed by atoms with Gasteiger partial charge in [-0.1, -0.05) is 6.92 Å². The molecule has 2 aromatic rings. The van der Waals surface area contributed by atoms with Crippen LogP contribution >= 0.6 is 0 Å². The van der Waals surface area contributed by atoms with Crippen molar-refractivity contribution in [3.8, 4) is 0 Å². The predicted octanol–water partition coefficient (Wildman–Crippen LogP) is 2.01. The van der Waals surface area contributed by atoms with Crippen molar-refractivity contribution in [2.24, 2.45) is 5.92 Å². The van der Waals surface area contributed by atoms with E-state index in [2.05, 4.69) is 10.3 Å². The molecule has 0 aliphatic carbocycles. The molecule has 3 N–H and O–H groups in total. The van der Waals surface area contributed by atoms with Gasteiger partial charge in [-0.15, -0.1) is 0 Å². The lowest BCUT2D eigenvalue weighted by atomic mass is 10.1. The standard InChI is InChI=1S/C14H16N2O3/c1-9(14(18)19)4-6-16-13(17)11-2-3-12-10(8-11)5-7-15-12/h2-3,5,7-9,15H,4,6H2,1H3,(H,16,17)(H,18,19). The van der Waals surface area contributed by atoms with E-state index in [1.165, 1.54) is 0 Å². The monoisotopic (exact) mass is 260 g/mol. The van der Waals surface area contributed by atoms with Crippen LogP contribution in [0.15, 0.2) is 30.5 Å². The molecule has 1 unspecified atom stereocenters. The number of fused-ring (bicyclic) bond motifs is 1. The van der Waals surface area contributed by atoms with Gasteiger partial charge in [0.2, 0.25) is 0 Å². The molecule has 5 nitrogen and oxygen atoms in total. The molecule has 0 radical (unpaired) electrons. The number of carbonyl (C=O) groups excluding carboxylic acids is 1. The van der Waals surface area contributed by atoms with E-state index in [4.69, 9.17) is 5.11 Å². The van der Waals surface area contributed by atoms with Crippen molar-refractivity contribution >= 4 is 22.8 Å². The van der Waals surface area contributed by atoms with Gasteiger partial charge in [0.25, 0.3) is 5.91 Å². The molecule has 1 heterocycles. The predicted molar refractivity (Wildman–Crippen MR) is 72.0 cm³/mol. The fraction of sp³-hybridized carbons (Fsp3) is 0.286. The van der Waals surface area contributed by atoms with Gasteiger partial charge in [-0.05, 0) is 30.7 Å². The second-order valence-corrected chi connectivity index (χ2v) is 4.56. The summed E-state index contributed by atoms with van der Waals surface area (Å²) in [5.41, 5.74) is 1.56. The van der Waals surface area contributed by atoms with Crippen LogP contribution in [0.1, 0.15) is 23.7 Å². The van der Waals surface area contributed by atoms with Crippen molar-refractivity contribution in [1.82, 2.24) is 10.3 Å². The largest absolute Gasteiger partial charge is 0.481 e. The molecule has 0 saturated carbocycles. The van der Waals surface area contributed by atoms with Crippen molar-refractivity contribution in [2.45, 2.75) is 13.3 Å². The molecule has 1 amide bonds. The smallest absolute Gasteiger partial charge is 0.306 e. The molecule has 100 valence electrons. The summed E-state index contributed by atoms with van der Waals surface area (Å²) < 4.78 is 0. The highest BCUT2D eigenvalue weighted by Crippen LogP contribution is 2.14. The van der Waals surface area contributed by atoms with Gasteiger partial charge in [-0.2, -0.15) is 0 Å². The van der Waals surface area contributed by atoms with Crippen molar-refractivity contribution in [3.05, 3.63) is 36.0 Å². The number of carboxylic acids is 1. The third kappa shape index (κ3) is 3.13. The number of carbonyl (C=O) groups is 2. The maximum absolute atomic E-state index is 11.9. The average molecular weight is 260 g/mol. The summed E-state index contributed by atoms with van der Waals surface area (Å²) in [7, 11) is 0. The van der Waals surface area contributed by atoms with Crippen LogP contribution in [0.5, 0.6) is 0 Å². The van der Waals surface area contributed by atoms with Gasteiger partial charge in [0.05, 0.1) is 5.92 Å². The Morgan fingerprint density at radius 1 is 1.37 bits per heavy atom. The maximum Gasteiger partial charge on any atom is 0.306 e. The van der Waals surface area contributed by atoms with Crippen molar-refractivity contribution in [2.75, 3.05) is 6.54 Å². The second-order valence-electron chi connectivity index (χ2n) is 4.56. The molecule has 5 heteroatoms. The minimum Gasteiger partial charge on any atom is -0.481 e. The Kier molecular flexibility index (Phi) is 3.85. The van der Waals surface area contributed by atoms with E-state index in [-0.39, 0.29) is 5.91 Å². The summed E-state index contributed by atoms with van der Waals surface area (Å²) in [6.45, 7) is 1.98. The van der Waals surface area contributed by atoms with Gasteiger partial charge in [0.15, 0.2) is 0 Å². The molecule has 0 fully saturated rings. The fourth-order valence-electron chi connectivity index (χ4n) is 1.82. The lowest BCUT2D eigenvalue weighted by Crippen LogP contribution is -2.26. The van der Waals surface area contributed by atoms with Crippen LogP contribution in [0.3, 0.4) is 0 Å². The topological polar surface area (TPSA) is 82.2 Å². The Bertz CT molecular complexity index is 604. The molecule has 1 aromatic carbocycles. The number of nitrogens with one attached hydrogen (secondary N) is 2. The van der Waals surface area contributed by atoms with Crippen LogP contribution in [0.4, 0.5) is 0 Å². The molecule has 19 heavy (non-hydrogen) atoms. The lowest BCUT2D eigenvalue weighted by molar-refractivity contribution is -0.141. The van der Waals surface area contributed by atoms with Gasteiger partial charge < -0.3 is 15.4 Å². The number of hydrogen-bond acceptors (Lipinski definition) is 2. The highest BCUT2D eigenvalue weighted by Gasteiger charge is 2.11. The zero-order valence-corrected chi connectivity index (χ0v) is 10.6. The van der Waals surface area contributed by atoms with Crippen molar-refractivity contribution < 1.29 is 14.7 Å². The Balaban J connectivity index is 1.94. The van der Waals surface area contributed by atoms with E-state index in [1.807, 2.05) is 24.4 Å². The number of rotatable bonds is 5. The number of aromatic amines is 1. The molecule has 0 bridgehead atoms. The first-order valence-corrected chi connectivity index (χ1v) is 6.16. The Hall–Kier alpha value is -2.30. The summed E-state index contributed by atoms with van der Waals surface area (Å²) in [6.07, 6.45) is 2.24. The molecule has 0 aliphatic rings. The molecule has 2 rings (SSSR count). The Morgan fingerprint density at radius 2 is 2.16 bits per heavy atom. The summed E-state index contributed by atoms with van der Waals surface area (Å²) in [5, 5.41) is 12.5. The van der Waals surface area contributed by atoms with E-state index in [0.717, 1.165) is 10.9 Å². The summed E-state index contributed by atoms with van der Waals surface area (Å²) in [6, 6.07) is 7.30. The van der Waals surface area contributed by atoms with E-state index in [1.54, 1.807) is 13.0 Å². The van der Waals surface area contributed by atoms with Gasteiger partial charge in [-0.25, -0.2) is 0 Å². The normalized spacial score (nSPS) is 12.3. The number of aliphatic carboxylic acids is 1. The first-order valence-electron chi connectivity index (χ1n) is 6.16. The van der Waals surface area contributed by atoms with Crippen molar-refractivity contribution in [1.29, 1.82) is 0 Å². The van der Waals surface area contributed by atoms with Crippen LogP contribution in [0.2, 0.25) is 0 Å². The van der Waals surface area contributed by atoms with E-state index < -0.39 is 11.9 Å². The number of amides is 1. The molecule has 1 aromatic heterocycles. The number of H-pyrrole nitrogens is 1. The van der Waals surface area contributed by atoms with Crippen molar-refractivity contribution in [3.63, 3.8) is 0 Å². The zero-order chi connectivity index (χ0) is 13.8. The molecule has 0 aliphatic heterocycles. The number of benzene rings is 1. The van der Waals surface area contributed by atoms with Gasteiger partial charge in [0, 0.05) is 29.2 Å². The summed E-state index contributed by atoms with van der Waals surface area (Å²) >= 11 is 0. The first-order chi connectivity index (χ1) is 9.08. The SMILES string of the molecule is CC(CCNC(=O)c1ccc2[nH]ccc2c1)C(=O)O. The third-order valence-corrected chi connectivity index (χ3v) is 3.10. The lowest BCUT2D eigenvalue weighted by Gasteiger charge is -2.08. The van der Waals surface area contributed by atoms with Gasteiger partial charge >= 0.3 is 5.97 Å².